The van der Waals surface area contributed by atoms with Gasteiger partial charge in [-0.05, 0) is 35.7 Å². The Labute approximate surface area is 120 Å². The van der Waals surface area contributed by atoms with Crippen molar-refractivity contribution in [3.8, 4) is 0 Å². The van der Waals surface area contributed by atoms with Crippen molar-refractivity contribution in [1.29, 1.82) is 0 Å². The molecule has 6 nitrogen and oxygen atoms in total. The molecular weight excluding hydrogens is 278 g/mol. The van der Waals surface area contributed by atoms with Gasteiger partial charge in [0.15, 0.2) is 0 Å². The van der Waals surface area contributed by atoms with Crippen molar-refractivity contribution in [3.63, 3.8) is 0 Å². The van der Waals surface area contributed by atoms with Crippen molar-refractivity contribution < 1.29 is 14.7 Å². The molecule has 1 unspecified atom stereocenters. The van der Waals surface area contributed by atoms with Gasteiger partial charge in [-0.15, -0.1) is 0 Å². The average Bonchev–Trinajstić information content (AvgIpc) is 2.97. The molecule has 20 heavy (non-hydrogen) atoms. The Morgan fingerprint density at radius 2 is 2.30 bits per heavy atom. The fourth-order valence-corrected chi connectivity index (χ4v) is 2.65. The number of carboxylic acid groups (broad SMARTS) is 1. The quantitative estimate of drug-likeness (QED) is 0.876. The molecule has 0 aliphatic carbocycles. The minimum atomic E-state index is -1.16. The summed E-state index contributed by atoms with van der Waals surface area (Å²) in [5.41, 5.74) is 1.12. The van der Waals surface area contributed by atoms with Gasteiger partial charge in [0.25, 0.3) is 5.91 Å². The first-order chi connectivity index (χ1) is 9.49. The molecular formula is C13H15N3O3S. The van der Waals surface area contributed by atoms with Crippen LogP contribution in [0.2, 0.25) is 0 Å². The Kier molecular flexibility index (Phi) is 4.19. The van der Waals surface area contributed by atoms with E-state index in [-0.39, 0.29) is 17.3 Å². The Balaban J connectivity index is 2.08. The molecule has 0 saturated carbocycles. The Hall–Kier alpha value is -2.15. The van der Waals surface area contributed by atoms with Gasteiger partial charge >= 0.3 is 5.97 Å². The van der Waals surface area contributed by atoms with Crippen LogP contribution in [0.1, 0.15) is 33.3 Å². The lowest BCUT2D eigenvalue weighted by Gasteiger charge is -2.13. The second kappa shape index (κ2) is 5.87. The molecule has 0 saturated heterocycles. The van der Waals surface area contributed by atoms with Gasteiger partial charge in [0.05, 0.1) is 6.20 Å². The zero-order chi connectivity index (χ0) is 14.7. The van der Waals surface area contributed by atoms with E-state index in [0.29, 0.717) is 6.42 Å². The van der Waals surface area contributed by atoms with Crippen molar-refractivity contribution >= 4 is 23.2 Å². The summed E-state index contributed by atoms with van der Waals surface area (Å²) < 4.78 is 1.27. The largest absolute Gasteiger partial charge is 0.478 e. The summed E-state index contributed by atoms with van der Waals surface area (Å²) in [5.74, 6) is -1.58. The maximum absolute atomic E-state index is 12.2. The van der Waals surface area contributed by atoms with Crippen LogP contribution in [0.4, 0.5) is 0 Å². The van der Waals surface area contributed by atoms with Crippen molar-refractivity contribution in [2.45, 2.75) is 19.4 Å². The lowest BCUT2D eigenvalue weighted by atomic mass is 10.1. The normalized spacial score (nSPS) is 12.1. The predicted molar refractivity (Wildman–Crippen MR) is 75.1 cm³/mol. The smallest absolute Gasteiger partial charge is 0.339 e. The number of hydrogen-bond donors (Lipinski definition) is 2. The van der Waals surface area contributed by atoms with Gasteiger partial charge in [0.1, 0.15) is 11.3 Å². The molecule has 0 aliphatic heterocycles. The first kappa shape index (κ1) is 14.3. The van der Waals surface area contributed by atoms with Crippen molar-refractivity contribution in [2.24, 2.45) is 7.05 Å². The average molecular weight is 293 g/mol. The van der Waals surface area contributed by atoms with E-state index < -0.39 is 11.9 Å². The van der Waals surface area contributed by atoms with Gasteiger partial charge in [0, 0.05) is 13.1 Å². The van der Waals surface area contributed by atoms with Crippen LogP contribution in [0.3, 0.4) is 0 Å². The summed E-state index contributed by atoms with van der Waals surface area (Å²) in [4.78, 5) is 23.2. The van der Waals surface area contributed by atoms with Gasteiger partial charge in [-0.25, -0.2) is 4.79 Å². The van der Waals surface area contributed by atoms with E-state index >= 15 is 0 Å². The Bertz CT molecular complexity index is 619. The fourth-order valence-electron chi connectivity index (χ4n) is 1.97. The van der Waals surface area contributed by atoms with Crippen LogP contribution in [0.15, 0.2) is 23.0 Å². The van der Waals surface area contributed by atoms with Crippen LogP contribution in [0.5, 0.6) is 0 Å². The van der Waals surface area contributed by atoms with Crippen LogP contribution in [-0.2, 0) is 13.5 Å². The first-order valence-electron chi connectivity index (χ1n) is 6.06. The second-order valence-corrected chi connectivity index (χ2v) is 5.33. The van der Waals surface area contributed by atoms with Crippen LogP contribution < -0.4 is 5.32 Å². The number of amides is 1. The molecule has 0 spiro atoms. The molecule has 0 fully saturated rings. The number of aryl methyl sites for hydroxylation is 1. The van der Waals surface area contributed by atoms with E-state index in [1.54, 1.807) is 18.4 Å². The number of hydrogen-bond acceptors (Lipinski definition) is 4. The van der Waals surface area contributed by atoms with Gasteiger partial charge in [-0.1, -0.05) is 0 Å². The molecule has 7 heteroatoms. The number of rotatable bonds is 5. The fraction of sp³-hybridized carbons (Fsp3) is 0.308. The molecule has 1 atom stereocenters. The summed E-state index contributed by atoms with van der Waals surface area (Å²) in [6, 6.07) is 1.91. The van der Waals surface area contributed by atoms with Crippen LogP contribution in [-0.4, -0.2) is 32.8 Å². The number of carbonyl (C=O) groups excluding carboxylic acids is 1. The molecule has 0 aliphatic rings. The van der Waals surface area contributed by atoms with Crippen molar-refractivity contribution in [2.75, 3.05) is 0 Å². The van der Waals surface area contributed by atoms with Gasteiger partial charge in [-0.3, -0.25) is 9.48 Å². The molecule has 0 radical (unpaired) electrons. The highest BCUT2D eigenvalue weighted by Crippen LogP contribution is 2.11. The van der Waals surface area contributed by atoms with E-state index in [4.69, 9.17) is 5.11 Å². The molecule has 106 valence electrons. The molecule has 2 aromatic heterocycles. The van der Waals surface area contributed by atoms with E-state index in [2.05, 4.69) is 10.4 Å². The zero-order valence-electron chi connectivity index (χ0n) is 11.2. The third-order valence-electron chi connectivity index (χ3n) is 2.88. The summed E-state index contributed by atoms with van der Waals surface area (Å²) in [6.45, 7) is 1.88. The van der Waals surface area contributed by atoms with E-state index in [1.807, 2.05) is 23.8 Å². The summed E-state index contributed by atoms with van der Waals surface area (Å²) >= 11 is 1.60. The highest BCUT2D eigenvalue weighted by atomic mass is 32.1. The number of aromatic nitrogens is 2. The van der Waals surface area contributed by atoms with E-state index in [9.17, 15) is 9.59 Å². The number of aromatic carboxylic acids is 1. The molecule has 2 rings (SSSR count). The standard InChI is InChI=1S/C13H15N3O3S/c1-8(5-9-3-4-20-7-9)15-12(17)11-10(13(18)19)6-14-16(11)2/h3-4,6-8H,5H2,1-2H3,(H,15,17)(H,18,19). The highest BCUT2D eigenvalue weighted by Gasteiger charge is 2.22. The van der Waals surface area contributed by atoms with Crippen LogP contribution >= 0.6 is 11.3 Å². The molecule has 0 bridgehead atoms. The molecule has 2 heterocycles. The monoisotopic (exact) mass is 293 g/mol. The van der Waals surface area contributed by atoms with Crippen LogP contribution in [0, 0.1) is 0 Å². The van der Waals surface area contributed by atoms with Gasteiger partial charge in [-0.2, -0.15) is 16.4 Å². The lowest BCUT2D eigenvalue weighted by Crippen LogP contribution is -2.36. The van der Waals surface area contributed by atoms with E-state index in [0.717, 1.165) is 5.56 Å². The number of nitrogens with one attached hydrogen (secondary N) is 1. The van der Waals surface area contributed by atoms with E-state index in [1.165, 1.54) is 10.9 Å². The zero-order valence-corrected chi connectivity index (χ0v) is 12.0. The second-order valence-electron chi connectivity index (χ2n) is 4.55. The minimum Gasteiger partial charge on any atom is -0.478 e. The summed E-state index contributed by atoms with van der Waals surface area (Å²) in [5, 5.41) is 19.7. The topological polar surface area (TPSA) is 84.2 Å². The Morgan fingerprint density at radius 3 is 2.90 bits per heavy atom. The number of nitrogens with zero attached hydrogens (tertiary/aromatic N) is 2. The predicted octanol–water partition coefficient (Wildman–Crippen LogP) is 1.54. The number of carbonyl (C=O) groups is 2. The molecule has 0 aromatic carbocycles. The minimum absolute atomic E-state index is 0.0645. The third kappa shape index (κ3) is 3.05. The highest BCUT2D eigenvalue weighted by molar-refractivity contribution is 7.07. The SMILES string of the molecule is CC(Cc1ccsc1)NC(=O)c1c(C(=O)O)cnn1C. The Morgan fingerprint density at radius 1 is 1.55 bits per heavy atom. The molecule has 2 N–H and O–H groups in total. The van der Waals surface area contributed by atoms with Crippen LogP contribution in [0.25, 0.3) is 0 Å². The summed E-state index contributed by atoms with van der Waals surface area (Å²) in [6.07, 6.45) is 1.89. The van der Waals surface area contributed by atoms with Gasteiger partial charge in [0.2, 0.25) is 0 Å². The number of thiophene rings is 1. The maximum atomic E-state index is 12.2. The summed E-state index contributed by atoms with van der Waals surface area (Å²) in [7, 11) is 1.55. The van der Waals surface area contributed by atoms with Crippen molar-refractivity contribution in [3.05, 3.63) is 39.8 Å². The molecule has 1 amide bonds. The van der Waals surface area contributed by atoms with Crippen molar-refractivity contribution in [1.82, 2.24) is 15.1 Å². The molecule has 2 aromatic rings. The number of carboxylic acids is 1. The van der Waals surface area contributed by atoms with Gasteiger partial charge < -0.3 is 10.4 Å². The lowest BCUT2D eigenvalue weighted by molar-refractivity contribution is 0.0690. The maximum Gasteiger partial charge on any atom is 0.339 e. The third-order valence-corrected chi connectivity index (χ3v) is 3.62. The first-order valence-corrected chi connectivity index (χ1v) is 7.00.